The number of hydrogen-bond donors (Lipinski definition) is 2. The van der Waals surface area contributed by atoms with Crippen molar-refractivity contribution in [2.45, 2.75) is 25.6 Å². The first-order valence-corrected chi connectivity index (χ1v) is 8.40. The second-order valence-electron chi connectivity index (χ2n) is 6.19. The molecule has 3 nitrogen and oxygen atoms in total. The molecular weight excluding hydrogens is 379 g/mol. The summed E-state index contributed by atoms with van der Waals surface area (Å²) in [4.78, 5) is 11.7. The van der Waals surface area contributed by atoms with E-state index in [0.29, 0.717) is 10.7 Å². The van der Waals surface area contributed by atoms with Gasteiger partial charge in [-0.2, -0.15) is 13.2 Å². The molecule has 0 aliphatic carbocycles. The maximum Gasteiger partial charge on any atom is 0.433 e. The largest absolute Gasteiger partial charge is 0.433 e. The fourth-order valence-electron chi connectivity index (χ4n) is 2.08. The van der Waals surface area contributed by atoms with Crippen LogP contribution in [-0.2, 0) is 10.4 Å². The lowest BCUT2D eigenvalue weighted by atomic mass is 9.93. The number of benzene rings is 2. The second-order valence-corrected chi connectivity index (χ2v) is 6.62. The molecule has 0 fully saturated rings. The third-order valence-corrected chi connectivity index (χ3v) is 3.99. The molecule has 0 saturated heterocycles. The van der Waals surface area contributed by atoms with Crippen LogP contribution in [0.1, 0.15) is 25.0 Å². The number of aliphatic hydroxyl groups is 1. The summed E-state index contributed by atoms with van der Waals surface area (Å²) in [5.41, 5.74) is -3.19. The fourth-order valence-corrected chi connectivity index (χ4v) is 2.21. The highest BCUT2D eigenvalue weighted by Crippen LogP contribution is 2.39. The van der Waals surface area contributed by atoms with Gasteiger partial charge in [-0.3, -0.25) is 4.79 Å². The summed E-state index contributed by atoms with van der Waals surface area (Å²) >= 11 is 5.73. The van der Waals surface area contributed by atoms with E-state index in [4.69, 9.17) is 11.6 Å². The van der Waals surface area contributed by atoms with Crippen LogP contribution in [0.15, 0.2) is 48.5 Å². The molecule has 1 unspecified atom stereocenters. The predicted octanol–water partition coefficient (Wildman–Crippen LogP) is 4.74. The number of carbonyl (C=O) groups is 1. The Balaban J connectivity index is 2.36. The minimum Gasteiger partial charge on any atom is -0.366 e. The number of halogens is 4. The number of hydrogen-bond acceptors (Lipinski definition) is 2. The van der Waals surface area contributed by atoms with Crippen LogP contribution in [-0.4, -0.2) is 17.2 Å². The average molecular weight is 396 g/mol. The van der Waals surface area contributed by atoms with Gasteiger partial charge in [0.15, 0.2) is 0 Å². The molecule has 2 aromatic carbocycles. The van der Waals surface area contributed by atoms with Crippen molar-refractivity contribution in [1.29, 1.82) is 0 Å². The van der Waals surface area contributed by atoms with Gasteiger partial charge < -0.3 is 10.4 Å². The summed E-state index contributed by atoms with van der Waals surface area (Å²) in [6, 6.07) is 10.6. The van der Waals surface area contributed by atoms with Crippen LogP contribution in [0.25, 0.3) is 0 Å². The molecule has 0 bridgehead atoms. The first-order valence-electron chi connectivity index (χ1n) is 8.02. The van der Waals surface area contributed by atoms with Crippen LogP contribution in [0.3, 0.4) is 0 Å². The molecule has 0 radical (unpaired) electrons. The third kappa shape index (κ3) is 5.03. The van der Waals surface area contributed by atoms with Crippen molar-refractivity contribution >= 4 is 23.2 Å². The predicted molar refractivity (Wildman–Crippen MR) is 98.2 cm³/mol. The molecule has 1 amide bonds. The Hall–Kier alpha value is -2.49. The van der Waals surface area contributed by atoms with E-state index >= 15 is 0 Å². The molecule has 7 heteroatoms. The molecule has 0 saturated carbocycles. The standard InChI is InChI=1S/C20H17ClF3NO2/c1-13(2)18(26)25-17-9-5-15(6-10-17)19(27,20(22,23)24)12-11-14-3-7-16(21)8-4-14/h3-10,13,27H,1-2H3,(H,25,26). The van der Waals surface area contributed by atoms with Crippen molar-refractivity contribution in [1.82, 2.24) is 0 Å². The highest BCUT2D eigenvalue weighted by atomic mass is 35.5. The summed E-state index contributed by atoms with van der Waals surface area (Å²) in [7, 11) is 0. The SMILES string of the molecule is CC(C)C(=O)Nc1ccc(C(O)(C#Cc2ccc(Cl)cc2)C(F)(F)F)cc1. The molecular formula is C20H17ClF3NO2. The van der Waals surface area contributed by atoms with E-state index < -0.39 is 17.3 Å². The molecule has 2 N–H and O–H groups in total. The van der Waals surface area contributed by atoms with E-state index in [1.54, 1.807) is 13.8 Å². The Kier molecular flexibility index (Phi) is 6.19. The van der Waals surface area contributed by atoms with Gasteiger partial charge in [-0.15, -0.1) is 0 Å². The highest BCUT2D eigenvalue weighted by molar-refractivity contribution is 6.30. The van der Waals surface area contributed by atoms with E-state index in [1.807, 2.05) is 5.92 Å². The van der Waals surface area contributed by atoms with E-state index in [0.717, 1.165) is 12.1 Å². The van der Waals surface area contributed by atoms with Crippen molar-refractivity contribution in [3.05, 3.63) is 64.7 Å². The zero-order chi connectivity index (χ0) is 20.2. The van der Waals surface area contributed by atoms with Crippen molar-refractivity contribution in [3.8, 4) is 11.8 Å². The Morgan fingerprint density at radius 2 is 1.63 bits per heavy atom. The number of amides is 1. The minimum absolute atomic E-state index is 0.267. The van der Waals surface area contributed by atoms with Gasteiger partial charge in [0.05, 0.1) is 0 Å². The van der Waals surface area contributed by atoms with E-state index in [2.05, 4.69) is 11.2 Å². The van der Waals surface area contributed by atoms with Crippen molar-refractivity contribution < 1.29 is 23.1 Å². The number of carbonyl (C=O) groups excluding carboxylic acids is 1. The van der Waals surface area contributed by atoms with Gasteiger partial charge in [0, 0.05) is 27.8 Å². The summed E-state index contributed by atoms with van der Waals surface area (Å²) < 4.78 is 40.6. The lowest BCUT2D eigenvalue weighted by Gasteiger charge is -2.26. The van der Waals surface area contributed by atoms with Crippen molar-refractivity contribution in [3.63, 3.8) is 0 Å². The Morgan fingerprint density at radius 1 is 1.07 bits per heavy atom. The third-order valence-electron chi connectivity index (χ3n) is 3.74. The lowest BCUT2D eigenvalue weighted by Crippen LogP contribution is -2.41. The Labute approximate surface area is 160 Å². The van der Waals surface area contributed by atoms with E-state index in [1.165, 1.54) is 36.4 Å². The molecule has 2 rings (SSSR count). The first-order chi connectivity index (χ1) is 12.5. The summed E-state index contributed by atoms with van der Waals surface area (Å²) in [5.74, 6) is 3.70. The minimum atomic E-state index is -5.02. The quantitative estimate of drug-likeness (QED) is 0.738. The molecule has 2 aromatic rings. The smallest absolute Gasteiger partial charge is 0.366 e. The van der Waals surface area contributed by atoms with Gasteiger partial charge in [0.25, 0.3) is 0 Å². The maximum atomic E-state index is 13.5. The molecule has 0 aromatic heterocycles. The van der Waals surface area contributed by atoms with Crippen LogP contribution in [0.2, 0.25) is 5.02 Å². The molecule has 0 aliphatic rings. The normalized spacial score (nSPS) is 13.5. The van der Waals surface area contributed by atoms with Crippen LogP contribution in [0.4, 0.5) is 18.9 Å². The van der Waals surface area contributed by atoms with Crippen LogP contribution in [0, 0.1) is 17.8 Å². The van der Waals surface area contributed by atoms with E-state index in [-0.39, 0.29) is 17.4 Å². The lowest BCUT2D eigenvalue weighted by molar-refractivity contribution is -0.240. The second kappa shape index (κ2) is 8.03. The maximum absolute atomic E-state index is 13.5. The monoisotopic (exact) mass is 395 g/mol. The molecule has 0 aliphatic heterocycles. The zero-order valence-corrected chi connectivity index (χ0v) is 15.3. The van der Waals surface area contributed by atoms with Gasteiger partial charge in [-0.05, 0) is 42.3 Å². The molecule has 0 spiro atoms. The van der Waals surface area contributed by atoms with Gasteiger partial charge in [0.1, 0.15) is 0 Å². The fraction of sp³-hybridized carbons (Fsp3) is 0.250. The summed E-state index contributed by atoms with van der Waals surface area (Å²) in [5, 5.41) is 13.3. The first kappa shape index (κ1) is 20.8. The number of anilines is 1. The van der Waals surface area contributed by atoms with Gasteiger partial charge in [-0.25, -0.2) is 0 Å². The van der Waals surface area contributed by atoms with Crippen LogP contribution < -0.4 is 5.32 Å². The molecule has 1 atom stereocenters. The molecule has 142 valence electrons. The number of alkyl halides is 3. The molecule has 0 heterocycles. The number of rotatable bonds is 3. The van der Waals surface area contributed by atoms with Crippen molar-refractivity contribution in [2.75, 3.05) is 5.32 Å². The highest BCUT2D eigenvalue weighted by Gasteiger charge is 2.54. The summed E-state index contributed by atoms with van der Waals surface area (Å²) in [6.45, 7) is 3.39. The van der Waals surface area contributed by atoms with Gasteiger partial charge >= 0.3 is 6.18 Å². The van der Waals surface area contributed by atoms with Gasteiger partial charge in [-0.1, -0.05) is 43.5 Å². The summed E-state index contributed by atoms with van der Waals surface area (Å²) in [6.07, 6.45) is -5.02. The average Bonchev–Trinajstić information content (AvgIpc) is 2.60. The van der Waals surface area contributed by atoms with Crippen molar-refractivity contribution in [2.24, 2.45) is 5.92 Å². The van der Waals surface area contributed by atoms with Gasteiger partial charge in [0.2, 0.25) is 11.5 Å². The Bertz CT molecular complexity index is 865. The molecule has 27 heavy (non-hydrogen) atoms. The topological polar surface area (TPSA) is 49.3 Å². The van der Waals surface area contributed by atoms with E-state index in [9.17, 15) is 23.1 Å². The number of nitrogens with one attached hydrogen (secondary N) is 1. The Morgan fingerprint density at radius 3 is 2.11 bits per heavy atom. The van der Waals surface area contributed by atoms with Crippen LogP contribution >= 0.6 is 11.6 Å². The van der Waals surface area contributed by atoms with Crippen LogP contribution in [0.5, 0.6) is 0 Å². The zero-order valence-electron chi connectivity index (χ0n) is 14.6.